The van der Waals surface area contributed by atoms with E-state index in [4.69, 9.17) is 0 Å². The molecular formula is C16H15NO. The van der Waals surface area contributed by atoms with E-state index in [1.807, 2.05) is 30.3 Å². The number of aliphatic hydroxyl groups is 1. The van der Waals surface area contributed by atoms with Crippen LogP contribution in [0, 0.1) is 11.3 Å². The molecule has 0 aromatic heterocycles. The Labute approximate surface area is 107 Å². The quantitative estimate of drug-likeness (QED) is 0.821. The first-order valence-corrected chi connectivity index (χ1v) is 5.88. The van der Waals surface area contributed by atoms with Crippen molar-refractivity contribution >= 4 is 0 Å². The molecule has 1 aliphatic carbocycles. The van der Waals surface area contributed by atoms with Crippen LogP contribution in [0.25, 0.3) is 0 Å². The summed E-state index contributed by atoms with van der Waals surface area (Å²) in [6.07, 6.45) is 8.78. The molecule has 0 saturated heterocycles. The molecule has 0 radical (unpaired) electrons. The lowest BCUT2D eigenvalue weighted by molar-refractivity contribution is 0.177. The van der Waals surface area contributed by atoms with Gasteiger partial charge in [-0.05, 0) is 17.5 Å². The van der Waals surface area contributed by atoms with Crippen LogP contribution < -0.4 is 0 Å². The molecule has 2 unspecified atom stereocenters. The highest BCUT2D eigenvalue weighted by Crippen LogP contribution is 2.32. The predicted molar refractivity (Wildman–Crippen MR) is 71.9 cm³/mol. The third-order valence-electron chi connectivity index (χ3n) is 3.23. The zero-order valence-corrected chi connectivity index (χ0v) is 10.1. The van der Waals surface area contributed by atoms with E-state index >= 15 is 0 Å². The summed E-state index contributed by atoms with van der Waals surface area (Å²) in [5.41, 5.74) is 0.985. The van der Waals surface area contributed by atoms with E-state index in [9.17, 15) is 10.4 Å². The average Bonchev–Trinajstić information content (AvgIpc) is 2.41. The Balaban J connectivity index is 2.40. The number of nitriles is 1. The summed E-state index contributed by atoms with van der Waals surface area (Å²) < 4.78 is 0. The van der Waals surface area contributed by atoms with E-state index < -0.39 is 11.5 Å². The molecule has 0 saturated carbocycles. The number of benzene rings is 1. The van der Waals surface area contributed by atoms with Gasteiger partial charge in [0.1, 0.15) is 5.41 Å². The maximum Gasteiger partial charge on any atom is 0.130 e. The lowest BCUT2D eigenvalue weighted by atomic mass is 9.74. The van der Waals surface area contributed by atoms with Crippen molar-refractivity contribution in [3.8, 4) is 6.07 Å². The van der Waals surface area contributed by atoms with Gasteiger partial charge in [0.2, 0.25) is 0 Å². The van der Waals surface area contributed by atoms with Crippen LogP contribution in [0.15, 0.2) is 61.2 Å². The molecule has 90 valence electrons. The summed E-state index contributed by atoms with van der Waals surface area (Å²) in [4.78, 5) is 0. The Kier molecular flexibility index (Phi) is 3.45. The fourth-order valence-electron chi connectivity index (χ4n) is 2.15. The molecule has 18 heavy (non-hydrogen) atoms. The molecule has 0 heterocycles. The molecule has 1 N–H and O–H groups in total. The molecule has 0 fully saturated rings. The summed E-state index contributed by atoms with van der Waals surface area (Å²) in [7, 11) is 0. The van der Waals surface area contributed by atoms with E-state index in [1.165, 1.54) is 0 Å². The van der Waals surface area contributed by atoms with Gasteiger partial charge in [0.25, 0.3) is 0 Å². The first kappa shape index (κ1) is 12.3. The lowest BCUT2D eigenvalue weighted by Gasteiger charge is -2.29. The second kappa shape index (κ2) is 5.03. The fourth-order valence-corrected chi connectivity index (χ4v) is 2.15. The third kappa shape index (κ3) is 2.01. The van der Waals surface area contributed by atoms with Crippen LogP contribution in [0.4, 0.5) is 0 Å². The van der Waals surface area contributed by atoms with Gasteiger partial charge in [-0.15, -0.1) is 6.58 Å². The van der Waals surface area contributed by atoms with Crippen molar-refractivity contribution in [2.24, 2.45) is 0 Å². The SMILES string of the molecule is C=CCc1ccc(C2(C#N)C=CC=CC2O)cc1. The summed E-state index contributed by atoms with van der Waals surface area (Å²) in [5, 5.41) is 19.5. The first-order chi connectivity index (χ1) is 8.73. The van der Waals surface area contributed by atoms with E-state index in [1.54, 1.807) is 24.3 Å². The maximum atomic E-state index is 10.1. The Hall–Kier alpha value is -2.11. The highest BCUT2D eigenvalue weighted by Gasteiger charge is 2.37. The van der Waals surface area contributed by atoms with Crippen molar-refractivity contribution in [1.29, 1.82) is 5.26 Å². The zero-order valence-electron chi connectivity index (χ0n) is 10.1. The first-order valence-electron chi connectivity index (χ1n) is 5.88. The van der Waals surface area contributed by atoms with Crippen molar-refractivity contribution in [3.05, 3.63) is 72.4 Å². The van der Waals surface area contributed by atoms with Gasteiger partial charge in [0.05, 0.1) is 12.2 Å². The molecule has 2 nitrogen and oxygen atoms in total. The van der Waals surface area contributed by atoms with Gasteiger partial charge in [-0.3, -0.25) is 0 Å². The molecular weight excluding hydrogens is 222 g/mol. The number of allylic oxidation sites excluding steroid dienone is 3. The van der Waals surface area contributed by atoms with Crippen LogP contribution in [-0.2, 0) is 11.8 Å². The number of rotatable bonds is 3. The van der Waals surface area contributed by atoms with Crippen molar-refractivity contribution in [1.82, 2.24) is 0 Å². The van der Waals surface area contributed by atoms with Crippen LogP contribution in [0.3, 0.4) is 0 Å². The summed E-state index contributed by atoms with van der Waals surface area (Å²) in [5.74, 6) is 0. The van der Waals surface area contributed by atoms with Crippen LogP contribution in [0.2, 0.25) is 0 Å². The Morgan fingerprint density at radius 1 is 1.33 bits per heavy atom. The largest absolute Gasteiger partial charge is 0.387 e. The molecule has 1 aromatic rings. The van der Waals surface area contributed by atoms with Gasteiger partial charge < -0.3 is 5.11 Å². The van der Waals surface area contributed by atoms with E-state index in [-0.39, 0.29) is 0 Å². The number of hydrogen-bond acceptors (Lipinski definition) is 2. The molecule has 0 aliphatic heterocycles. The lowest BCUT2D eigenvalue weighted by Crippen LogP contribution is -2.36. The second-order valence-electron chi connectivity index (χ2n) is 4.36. The zero-order chi connectivity index (χ0) is 13.0. The number of hydrogen-bond donors (Lipinski definition) is 1. The molecule has 1 aromatic carbocycles. The highest BCUT2D eigenvalue weighted by atomic mass is 16.3. The van der Waals surface area contributed by atoms with Crippen molar-refractivity contribution in [2.45, 2.75) is 17.9 Å². The monoisotopic (exact) mass is 237 g/mol. The summed E-state index contributed by atoms with van der Waals surface area (Å²) in [6, 6.07) is 9.96. The van der Waals surface area contributed by atoms with Gasteiger partial charge in [-0.2, -0.15) is 5.26 Å². The van der Waals surface area contributed by atoms with Gasteiger partial charge in [-0.1, -0.05) is 54.6 Å². The Morgan fingerprint density at radius 2 is 2.06 bits per heavy atom. The van der Waals surface area contributed by atoms with E-state index in [0.717, 1.165) is 17.5 Å². The van der Waals surface area contributed by atoms with Crippen LogP contribution in [0.1, 0.15) is 11.1 Å². The minimum atomic E-state index is -0.971. The van der Waals surface area contributed by atoms with Gasteiger partial charge in [0, 0.05) is 0 Å². The van der Waals surface area contributed by atoms with Crippen molar-refractivity contribution in [3.63, 3.8) is 0 Å². The maximum absolute atomic E-state index is 10.1. The molecule has 1 aliphatic rings. The standard InChI is InChI=1S/C16H15NO/c1-2-5-13-7-9-14(10-8-13)16(12-17)11-4-3-6-15(16)18/h2-4,6-11,15,18H,1,5H2. The molecule has 0 amide bonds. The Bertz CT molecular complexity index is 533. The summed E-state index contributed by atoms with van der Waals surface area (Å²) >= 11 is 0. The van der Waals surface area contributed by atoms with Crippen molar-refractivity contribution < 1.29 is 5.11 Å². The van der Waals surface area contributed by atoms with Gasteiger partial charge >= 0.3 is 0 Å². The second-order valence-corrected chi connectivity index (χ2v) is 4.36. The third-order valence-corrected chi connectivity index (χ3v) is 3.23. The topological polar surface area (TPSA) is 44.0 Å². The normalized spacial score (nSPS) is 25.7. The van der Waals surface area contributed by atoms with E-state index in [2.05, 4.69) is 12.6 Å². The molecule has 2 rings (SSSR count). The molecule has 0 bridgehead atoms. The molecule has 0 spiro atoms. The van der Waals surface area contributed by atoms with Crippen molar-refractivity contribution in [2.75, 3.05) is 0 Å². The fraction of sp³-hybridized carbons (Fsp3) is 0.188. The van der Waals surface area contributed by atoms with E-state index in [0.29, 0.717) is 0 Å². The minimum Gasteiger partial charge on any atom is -0.387 e. The Morgan fingerprint density at radius 3 is 2.61 bits per heavy atom. The molecule has 2 atom stereocenters. The summed E-state index contributed by atoms with van der Waals surface area (Å²) in [6.45, 7) is 3.70. The van der Waals surface area contributed by atoms with Gasteiger partial charge in [-0.25, -0.2) is 0 Å². The van der Waals surface area contributed by atoms with Crippen LogP contribution in [-0.4, -0.2) is 11.2 Å². The highest BCUT2D eigenvalue weighted by molar-refractivity contribution is 5.46. The average molecular weight is 237 g/mol. The van der Waals surface area contributed by atoms with Gasteiger partial charge in [0.15, 0.2) is 0 Å². The minimum absolute atomic E-state index is 0.804. The smallest absolute Gasteiger partial charge is 0.130 e. The van der Waals surface area contributed by atoms with Crippen LogP contribution in [0.5, 0.6) is 0 Å². The molecule has 2 heteroatoms. The number of nitrogens with zero attached hydrogens (tertiary/aromatic N) is 1. The number of aliphatic hydroxyl groups excluding tert-OH is 1. The predicted octanol–water partition coefficient (Wildman–Crippen LogP) is 2.66. The van der Waals surface area contributed by atoms with Crippen LogP contribution >= 0.6 is 0 Å².